The summed E-state index contributed by atoms with van der Waals surface area (Å²) in [5.74, 6) is 0. The predicted octanol–water partition coefficient (Wildman–Crippen LogP) is 3.49. The van der Waals surface area contributed by atoms with Crippen LogP contribution >= 0.6 is 12.2 Å². The lowest BCUT2D eigenvalue weighted by atomic mass is 10.1. The van der Waals surface area contributed by atoms with E-state index in [4.69, 9.17) is 12.2 Å². The molecule has 0 aliphatic rings. The topological polar surface area (TPSA) is 31.9 Å². The van der Waals surface area contributed by atoms with Crippen LogP contribution in [0.5, 0.6) is 0 Å². The first-order chi connectivity index (χ1) is 8.49. The molecule has 0 fully saturated rings. The molecular weight excluding hydrogens is 242 g/mol. The van der Waals surface area contributed by atoms with Crippen LogP contribution in [0.1, 0.15) is 11.4 Å². The molecule has 1 N–H and O–H groups in total. The van der Waals surface area contributed by atoms with Gasteiger partial charge in [0, 0.05) is 31.0 Å². The third kappa shape index (κ3) is 2.43. The second-order valence-corrected chi connectivity index (χ2v) is 4.97. The fourth-order valence-corrected chi connectivity index (χ4v) is 2.05. The normalized spacial score (nSPS) is 10.4. The molecule has 0 saturated heterocycles. The molecule has 0 radical (unpaired) electrons. The van der Waals surface area contributed by atoms with Crippen molar-refractivity contribution in [3.63, 3.8) is 0 Å². The van der Waals surface area contributed by atoms with Crippen molar-refractivity contribution < 1.29 is 0 Å². The van der Waals surface area contributed by atoms with Gasteiger partial charge in [0.15, 0.2) is 0 Å². The Balaban J connectivity index is 2.49. The summed E-state index contributed by atoms with van der Waals surface area (Å²) < 4.78 is 0.690. The van der Waals surface area contributed by atoms with Crippen LogP contribution < -0.4 is 4.90 Å². The summed E-state index contributed by atoms with van der Waals surface area (Å²) in [6, 6.07) is 8.24. The predicted molar refractivity (Wildman–Crippen MR) is 78.7 cm³/mol. The lowest BCUT2D eigenvalue weighted by Gasteiger charge is -2.12. The summed E-state index contributed by atoms with van der Waals surface area (Å²) in [6.45, 7) is 3.97. The summed E-state index contributed by atoms with van der Waals surface area (Å²) >= 11 is 5.34. The SMILES string of the molecule is Cc1nc(-c2ccc(N(C)C)cc2)c(=S)[nH]c1C. The van der Waals surface area contributed by atoms with E-state index in [1.54, 1.807) is 0 Å². The van der Waals surface area contributed by atoms with Gasteiger partial charge in [0.1, 0.15) is 10.3 Å². The number of hydrogen-bond acceptors (Lipinski definition) is 3. The Morgan fingerprint density at radius 3 is 2.28 bits per heavy atom. The quantitative estimate of drug-likeness (QED) is 0.838. The molecule has 0 atom stereocenters. The van der Waals surface area contributed by atoms with E-state index < -0.39 is 0 Å². The van der Waals surface area contributed by atoms with Gasteiger partial charge in [-0.25, -0.2) is 4.98 Å². The monoisotopic (exact) mass is 259 g/mol. The van der Waals surface area contributed by atoms with Crippen molar-refractivity contribution in [2.45, 2.75) is 13.8 Å². The average Bonchev–Trinajstić information content (AvgIpc) is 2.34. The van der Waals surface area contributed by atoms with Gasteiger partial charge in [0.05, 0.1) is 5.69 Å². The lowest BCUT2D eigenvalue weighted by molar-refractivity contribution is 1.04. The second kappa shape index (κ2) is 4.90. The number of hydrogen-bond donors (Lipinski definition) is 1. The number of aromatic amines is 1. The van der Waals surface area contributed by atoms with Crippen molar-refractivity contribution >= 4 is 17.9 Å². The molecule has 0 saturated carbocycles. The van der Waals surface area contributed by atoms with Crippen molar-refractivity contribution in [2.24, 2.45) is 0 Å². The van der Waals surface area contributed by atoms with E-state index in [1.165, 1.54) is 0 Å². The Labute approximate surface area is 113 Å². The first kappa shape index (κ1) is 12.8. The van der Waals surface area contributed by atoms with Gasteiger partial charge >= 0.3 is 0 Å². The molecule has 94 valence electrons. The number of aryl methyl sites for hydroxylation is 2. The first-order valence-corrected chi connectivity index (χ1v) is 6.25. The third-order valence-corrected chi connectivity index (χ3v) is 3.29. The van der Waals surface area contributed by atoms with Crippen molar-refractivity contribution in [2.75, 3.05) is 19.0 Å². The first-order valence-electron chi connectivity index (χ1n) is 5.84. The van der Waals surface area contributed by atoms with E-state index in [0.717, 1.165) is 28.3 Å². The summed E-state index contributed by atoms with van der Waals surface area (Å²) in [5, 5.41) is 0. The van der Waals surface area contributed by atoms with Crippen LogP contribution in [-0.4, -0.2) is 24.1 Å². The summed E-state index contributed by atoms with van der Waals surface area (Å²) in [6.07, 6.45) is 0. The van der Waals surface area contributed by atoms with Crippen LogP contribution in [0.25, 0.3) is 11.3 Å². The van der Waals surface area contributed by atoms with Crippen LogP contribution in [0.2, 0.25) is 0 Å². The van der Waals surface area contributed by atoms with E-state index in [1.807, 2.05) is 27.9 Å². The number of nitrogens with one attached hydrogen (secondary N) is 1. The number of benzene rings is 1. The molecule has 2 aromatic rings. The maximum absolute atomic E-state index is 5.34. The number of rotatable bonds is 2. The Morgan fingerprint density at radius 1 is 1.11 bits per heavy atom. The zero-order chi connectivity index (χ0) is 13.3. The number of aromatic nitrogens is 2. The molecule has 0 aliphatic heterocycles. The fraction of sp³-hybridized carbons (Fsp3) is 0.286. The molecule has 0 aliphatic carbocycles. The van der Waals surface area contributed by atoms with Crippen LogP contribution in [0, 0.1) is 18.5 Å². The Hall–Kier alpha value is -1.68. The zero-order valence-corrected chi connectivity index (χ0v) is 11.9. The van der Waals surface area contributed by atoms with Gasteiger partial charge in [-0.05, 0) is 26.0 Å². The minimum Gasteiger partial charge on any atom is -0.378 e. The molecule has 18 heavy (non-hydrogen) atoms. The molecule has 0 unspecified atom stereocenters. The minimum absolute atomic E-state index is 0.690. The molecule has 1 heterocycles. The highest BCUT2D eigenvalue weighted by atomic mass is 32.1. The minimum atomic E-state index is 0.690. The fourth-order valence-electron chi connectivity index (χ4n) is 1.74. The Kier molecular flexibility index (Phi) is 3.48. The van der Waals surface area contributed by atoms with Crippen LogP contribution in [-0.2, 0) is 0 Å². The number of anilines is 1. The standard InChI is InChI=1S/C14H17N3S/c1-9-10(2)16-14(18)13(15-9)11-5-7-12(8-6-11)17(3)4/h5-8H,1-4H3,(H,16,18). The smallest absolute Gasteiger partial charge is 0.130 e. The van der Waals surface area contributed by atoms with Crippen LogP contribution in [0.3, 0.4) is 0 Å². The van der Waals surface area contributed by atoms with Gasteiger partial charge in [0.25, 0.3) is 0 Å². The highest BCUT2D eigenvalue weighted by Gasteiger charge is 2.05. The molecule has 0 bridgehead atoms. The molecular formula is C14H17N3S. The second-order valence-electron chi connectivity index (χ2n) is 4.57. The van der Waals surface area contributed by atoms with Crippen molar-refractivity contribution in [3.05, 3.63) is 40.3 Å². The van der Waals surface area contributed by atoms with Crippen molar-refractivity contribution in [1.29, 1.82) is 0 Å². The van der Waals surface area contributed by atoms with Crippen molar-refractivity contribution in [1.82, 2.24) is 9.97 Å². The van der Waals surface area contributed by atoms with E-state index in [-0.39, 0.29) is 0 Å². The van der Waals surface area contributed by atoms with E-state index in [9.17, 15) is 0 Å². The van der Waals surface area contributed by atoms with Crippen LogP contribution in [0.15, 0.2) is 24.3 Å². The highest BCUT2D eigenvalue weighted by Crippen LogP contribution is 2.22. The van der Waals surface area contributed by atoms with Gasteiger partial charge in [-0.3, -0.25) is 0 Å². The lowest BCUT2D eigenvalue weighted by Crippen LogP contribution is -2.08. The van der Waals surface area contributed by atoms with Gasteiger partial charge in [0.2, 0.25) is 0 Å². The van der Waals surface area contributed by atoms with Gasteiger partial charge in [-0.15, -0.1) is 0 Å². The van der Waals surface area contributed by atoms with Gasteiger partial charge in [-0.1, -0.05) is 24.4 Å². The van der Waals surface area contributed by atoms with Gasteiger partial charge in [-0.2, -0.15) is 0 Å². The van der Waals surface area contributed by atoms with Crippen molar-refractivity contribution in [3.8, 4) is 11.3 Å². The van der Waals surface area contributed by atoms with E-state index >= 15 is 0 Å². The molecule has 2 rings (SSSR count). The van der Waals surface area contributed by atoms with Crippen LogP contribution in [0.4, 0.5) is 5.69 Å². The molecule has 0 amide bonds. The zero-order valence-electron chi connectivity index (χ0n) is 11.1. The molecule has 0 spiro atoms. The molecule has 1 aromatic heterocycles. The Bertz CT molecular complexity index is 612. The van der Waals surface area contributed by atoms with E-state index in [2.05, 4.69) is 39.1 Å². The molecule has 3 nitrogen and oxygen atoms in total. The number of nitrogens with zero attached hydrogens (tertiary/aromatic N) is 2. The summed E-state index contributed by atoms with van der Waals surface area (Å²) in [5.41, 5.74) is 5.06. The Morgan fingerprint density at radius 2 is 1.72 bits per heavy atom. The largest absolute Gasteiger partial charge is 0.378 e. The molecule has 1 aromatic carbocycles. The van der Waals surface area contributed by atoms with E-state index in [0.29, 0.717) is 4.64 Å². The highest BCUT2D eigenvalue weighted by molar-refractivity contribution is 7.71. The third-order valence-electron chi connectivity index (χ3n) is 3.00. The molecule has 4 heteroatoms. The maximum Gasteiger partial charge on any atom is 0.130 e. The maximum atomic E-state index is 5.34. The summed E-state index contributed by atoms with van der Waals surface area (Å²) in [7, 11) is 4.05. The average molecular weight is 259 g/mol. The van der Waals surface area contributed by atoms with Gasteiger partial charge < -0.3 is 9.88 Å². The number of H-pyrrole nitrogens is 1. The summed E-state index contributed by atoms with van der Waals surface area (Å²) in [4.78, 5) is 9.82.